The molecule has 0 saturated heterocycles. The molecule has 0 radical (unpaired) electrons. The fraction of sp³-hybridized carbons (Fsp3) is 0.419. The van der Waals surface area contributed by atoms with Crippen LogP contribution in [0, 0.1) is 5.92 Å². The van der Waals surface area contributed by atoms with Crippen molar-refractivity contribution in [3.05, 3.63) is 82.1 Å². The highest BCUT2D eigenvalue weighted by Gasteiger charge is 2.25. The van der Waals surface area contributed by atoms with E-state index < -0.39 is 0 Å². The Kier molecular flexibility index (Phi) is 10.1. The molecule has 7 nitrogen and oxygen atoms in total. The lowest BCUT2D eigenvalue weighted by Gasteiger charge is -2.29. The van der Waals surface area contributed by atoms with E-state index in [9.17, 15) is 9.59 Å². The first kappa shape index (κ1) is 28.7. The highest BCUT2D eigenvalue weighted by molar-refractivity contribution is 9.10. The van der Waals surface area contributed by atoms with E-state index in [1.165, 1.54) is 5.56 Å². The molecule has 2 aromatic carbocycles. The number of aromatic nitrogens is 1. The van der Waals surface area contributed by atoms with E-state index in [2.05, 4.69) is 65.7 Å². The number of rotatable bonds is 13. The molecule has 1 aliphatic heterocycles. The zero-order valence-electron chi connectivity index (χ0n) is 23.1. The van der Waals surface area contributed by atoms with E-state index in [0.717, 1.165) is 36.0 Å². The van der Waals surface area contributed by atoms with Crippen molar-refractivity contribution < 1.29 is 19.1 Å². The number of carbonyl (C=O) groups excluding carboxylic acids is 2. The van der Waals surface area contributed by atoms with Gasteiger partial charge in [-0.3, -0.25) is 9.59 Å². The number of carbonyl (C=O) groups is 2. The molecule has 3 aromatic rings. The highest BCUT2D eigenvalue weighted by atomic mass is 79.9. The lowest BCUT2D eigenvalue weighted by atomic mass is 10.1. The number of nitrogens with zero attached hydrogens (tertiary/aromatic N) is 3. The van der Waals surface area contributed by atoms with E-state index in [-0.39, 0.29) is 25.2 Å². The summed E-state index contributed by atoms with van der Waals surface area (Å²) in [5.74, 6) is 1.39. The van der Waals surface area contributed by atoms with Crippen molar-refractivity contribution in [3.63, 3.8) is 0 Å². The standard InChI is InChI=1S/C31H38BrN3O4/c1-4-5-15-34(20-27-7-6-16-33(27)19-24-8-11-26(32)12-9-24)30(36)21-35(17-14-23(2)3)31(37)25-10-13-28-29(18-25)39-22-38-28/h6-13,16,18,23H,4-5,14-15,17,19-22H2,1-3H3. The van der Waals surface area contributed by atoms with Gasteiger partial charge in [-0.1, -0.05) is 55.3 Å². The van der Waals surface area contributed by atoms with Gasteiger partial charge in [0.2, 0.25) is 12.7 Å². The summed E-state index contributed by atoms with van der Waals surface area (Å²) >= 11 is 3.50. The largest absolute Gasteiger partial charge is 0.454 e. The first-order valence-corrected chi connectivity index (χ1v) is 14.5. The molecule has 1 aliphatic rings. The van der Waals surface area contributed by atoms with Crippen molar-refractivity contribution in [2.45, 2.75) is 53.1 Å². The third-order valence-electron chi connectivity index (χ3n) is 6.89. The number of hydrogen-bond donors (Lipinski definition) is 0. The molecule has 0 spiro atoms. The Morgan fingerprint density at radius 3 is 2.51 bits per heavy atom. The Hall–Kier alpha value is -3.26. The van der Waals surface area contributed by atoms with Gasteiger partial charge in [-0.25, -0.2) is 0 Å². The highest BCUT2D eigenvalue weighted by Crippen LogP contribution is 2.33. The average Bonchev–Trinajstić information content (AvgIpc) is 3.58. The summed E-state index contributed by atoms with van der Waals surface area (Å²) in [6, 6.07) is 17.6. The van der Waals surface area contributed by atoms with E-state index in [1.807, 2.05) is 23.1 Å². The van der Waals surface area contributed by atoms with Crippen LogP contribution >= 0.6 is 15.9 Å². The second-order valence-corrected chi connectivity index (χ2v) is 11.3. The van der Waals surface area contributed by atoms with Crippen LogP contribution in [0.15, 0.2) is 65.3 Å². The van der Waals surface area contributed by atoms with E-state index in [1.54, 1.807) is 23.1 Å². The van der Waals surface area contributed by atoms with Gasteiger partial charge in [-0.15, -0.1) is 0 Å². The molecule has 1 aromatic heterocycles. The summed E-state index contributed by atoms with van der Waals surface area (Å²) in [5, 5.41) is 0. The van der Waals surface area contributed by atoms with Crippen molar-refractivity contribution in [2.75, 3.05) is 26.4 Å². The van der Waals surface area contributed by atoms with Crippen molar-refractivity contribution in [3.8, 4) is 11.5 Å². The van der Waals surface area contributed by atoms with Gasteiger partial charge in [0.1, 0.15) is 6.54 Å². The second kappa shape index (κ2) is 13.7. The number of halogens is 1. The number of unbranched alkanes of at least 4 members (excludes halogenated alkanes) is 1. The Bertz CT molecular complexity index is 1250. The zero-order chi connectivity index (χ0) is 27.8. The number of benzene rings is 2. The second-order valence-electron chi connectivity index (χ2n) is 10.4. The van der Waals surface area contributed by atoms with Crippen molar-refractivity contribution in [1.29, 1.82) is 0 Å². The predicted octanol–water partition coefficient (Wildman–Crippen LogP) is 6.34. The minimum absolute atomic E-state index is 0.0388. The van der Waals surface area contributed by atoms with E-state index in [4.69, 9.17) is 9.47 Å². The number of hydrogen-bond acceptors (Lipinski definition) is 4. The first-order chi connectivity index (χ1) is 18.8. The monoisotopic (exact) mass is 595 g/mol. The van der Waals surface area contributed by atoms with Crippen LogP contribution in [0.3, 0.4) is 0 Å². The van der Waals surface area contributed by atoms with Crippen LogP contribution in [-0.4, -0.2) is 52.6 Å². The summed E-state index contributed by atoms with van der Waals surface area (Å²) < 4.78 is 14.1. The molecule has 0 unspecified atom stereocenters. The SMILES string of the molecule is CCCCN(Cc1cccn1Cc1ccc(Br)cc1)C(=O)CN(CCC(C)C)C(=O)c1ccc2c(c1)OCO2. The average molecular weight is 597 g/mol. The summed E-state index contributed by atoms with van der Waals surface area (Å²) in [4.78, 5) is 30.9. The number of ether oxygens (including phenoxy) is 2. The Labute approximate surface area is 239 Å². The maximum atomic E-state index is 13.7. The minimum Gasteiger partial charge on any atom is -0.454 e. The van der Waals surface area contributed by atoms with Gasteiger partial charge in [-0.2, -0.15) is 0 Å². The van der Waals surface area contributed by atoms with Crippen LogP contribution in [0.4, 0.5) is 0 Å². The van der Waals surface area contributed by atoms with Gasteiger partial charge in [-0.05, 0) is 66.8 Å². The van der Waals surface area contributed by atoms with Crippen LogP contribution < -0.4 is 9.47 Å². The van der Waals surface area contributed by atoms with Gasteiger partial charge < -0.3 is 23.8 Å². The van der Waals surface area contributed by atoms with Crippen LogP contribution in [0.2, 0.25) is 0 Å². The van der Waals surface area contributed by atoms with Gasteiger partial charge in [0.25, 0.3) is 5.91 Å². The molecule has 2 heterocycles. The maximum absolute atomic E-state index is 13.7. The van der Waals surface area contributed by atoms with Crippen LogP contribution in [0.1, 0.15) is 61.6 Å². The molecule has 4 rings (SSSR count). The number of amides is 2. The molecule has 39 heavy (non-hydrogen) atoms. The fourth-order valence-electron chi connectivity index (χ4n) is 4.51. The predicted molar refractivity (Wildman–Crippen MR) is 156 cm³/mol. The van der Waals surface area contributed by atoms with Crippen molar-refractivity contribution in [1.82, 2.24) is 14.4 Å². The lowest BCUT2D eigenvalue weighted by Crippen LogP contribution is -2.44. The third kappa shape index (κ3) is 7.88. The Balaban J connectivity index is 1.50. The van der Waals surface area contributed by atoms with Gasteiger partial charge >= 0.3 is 0 Å². The van der Waals surface area contributed by atoms with Gasteiger partial charge in [0, 0.05) is 41.6 Å². The van der Waals surface area contributed by atoms with E-state index >= 15 is 0 Å². The maximum Gasteiger partial charge on any atom is 0.254 e. The minimum atomic E-state index is -0.170. The Morgan fingerprint density at radius 1 is 1.00 bits per heavy atom. The molecule has 0 aliphatic carbocycles. The molecule has 0 bridgehead atoms. The van der Waals surface area contributed by atoms with Crippen molar-refractivity contribution >= 4 is 27.7 Å². The Morgan fingerprint density at radius 2 is 1.77 bits per heavy atom. The lowest BCUT2D eigenvalue weighted by molar-refractivity contribution is -0.132. The van der Waals surface area contributed by atoms with Gasteiger partial charge in [0.15, 0.2) is 11.5 Å². The molecule has 0 fully saturated rings. The quantitative estimate of drug-likeness (QED) is 0.231. The van der Waals surface area contributed by atoms with Crippen LogP contribution in [0.5, 0.6) is 11.5 Å². The molecule has 0 N–H and O–H groups in total. The van der Waals surface area contributed by atoms with Crippen LogP contribution in [-0.2, 0) is 17.9 Å². The molecule has 0 saturated carbocycles. The smallest absolute Gasteiger partial charge is 0.254 e. The molecular weight excluding hydrogens is 558 g/mol. The zero-order valence-corrected chi connectivity index (χ0v) is 24.7. The molecule has 0 atom stereocenters. The fourth-order valence-corrected chi connectivity index (χ4v) is 4.78. The van der Waals surface area contributed by atoms with Crippen LogP contribution in [0.25, 0.3) is 0 Å². The number of fused-ring (bicyclic) bond motifs is 1. The molecule has 2 amide bonds. The molecular formula is C31H38BrN3O4. The van der Waals surface area contributed by atoms with Gasteiger partial charge in [0.05, 0.1) is 6.54 Å². The molecule has 8 heteroatoms. The first-order valence-electron chi connectivity index (χ1n) is 13.7. The summed E-state index contributed by atoms with van der Waals surface area (Å²) in [6.07, 6.45) is 4.75. The van der Waals surface area contributed by atoms with Crippen molar-refractivity contribution in [2.24, 2.45) is 5.92 Å². The molecule has 208 valence electrons. The summed E-state index contributed by atoms with van der Waals surface area (Å²) in [6.45, 7) is 8.95. The third-order valence-corrected chi connectivity index (χ3v) is 7.41. The topological polar surface area (TPSA) is 64.0 Å². The normalized spacial score (nSPS) is 12.1. The van der Waals surface area contributed by atoms with E-state index in [0.29, 0.717) is 42.6 Å². The summed E-state index contributed by atoms with van der Waals surface area (Å²) in [5.41, 5.74) is 2.76. The summed E-state index contributed by atoms with van der Waals surface area (Å²) in [7, 11) is 0.